The number of nitrogens with one attached hydrogen (secondary N) is 1. The molecule has 132 valence electrons. The van der Waals surface area contributed by atoms with Gasteiger partial charge < -0.3 is 15.2 Å². The molecule has 24 heavy (non-hydrogen) atoms. The summed E-state index contributed by atoms with van der Waals surface area (Å²) in [6, 6.07) is 5.57. The number of amides is 1. The highest BCUT2D eigenvalue weighted by molar-refractivity contribution is 5.90. The van der Waals surface area contributed by atoms with Crippen molar-refractivity contribution in [1.29, 1.82) is 0 Å². The Morgan fingerprint density at radius 1 is 1.33 bits per heavy atom. The first-order chi connectivity index (χ1) is 11.3. The number of ether oxygens (including phenoxy) is 1. The van der Waals surface area contributed by atoms with Gasteiger partial charge in [-0.3, -0.25) is 4.79 Å². The van der Waals surface area contributed by atoms with E-state index in [1.54, 1.807) is 7.11 Å². The van der Waals surface area contributed by atoms with E-state index >= 15 is 0 Å². The van der Waals surface area contributed by atoms with Gasteiger partial charge in [0.2, 0.25) is 5.91 Å². The maximum absolute atomic E-state index is 12.7. The number of hydrogen-bond donors (Lipinski definition) is 2. The molecule has 1 aromatic carbocycles. The number of rotatable bonds is 5. The van der Waals surface area contributed by atoms with Gasteiger partial charge in [-0.15, -0.1) is 0 Å². The number of methoxy groups -OCH3 is 1. The maximum atomic E-state index is 12.7. The van der Waals surface area contributed by atoms with Crippen LogP contribution in [0.25, 0.3) is 0 Å². The van der Waals surface area contributed by atoms with E-state index in [9.17, 15) is 14.7 Å². The largest absolute Gasteiger partial charge is 0.497 e. The lowest BCUT2D eigenvalue weighted by molar-refractivity contribution is -0.149. The Morgan fingerprint density at radius 2 is 1.96 bits per heavy atom. The van der Waals surface area contributed by atoms with Crippen LogP contribution >= 0.6 is 0 Å². The van der Waals surface area contributed by atoms with E-state index in [1.165, 1.54) is 0 Å². The van der Waals surface area contributed by atoms with Crippen molar-refractivity contribution in [3.8, 4) is 5.75 Å². The van der Waals surface area contributed by atoms with Gasteiger partial charge in [0, 0.05) is 0 Å². The molecule has 1 aromatic rings. The van der Waals surface area contributed by atoms with Crippen molar-refractivity contribution in [3.05, 3.63) is 29.3 Å². The number of carboxylic acid groups (broad SMARTS) is 1. The molecule has 0 radical (unpaired) electrons. The van der Waals surface area contributed by atoms with Crippen molar-refractivity contribution >= 4 is 11.9 Å². The van der Waals surface area contributed by atoms with Gasteiger partial charge in [-0.2, -0.15) is 0 Å². The van der Waals surface area contributed by atoms with E-state index in [0.717, 1.165) is 29.7 Å². The Labute approximate surface area is 143 Å². The zero-order valence-corrected chi connectivity index (χ0v) is 14.9. The van der Waals surface area contributed by atoms with E-state index < -0.39 is 17.4 Å². The molecule has 0 saturated heterocycles. The smallest absolute Gasteiger partial charge is 0.329 e. The van der Waals surface area contributed by atoms with Gasteiger partial charge in [-0.25, -0.2) is 4.79 Å². The number of carbonyl (C=O) groups is 2. The van der Waals surface area contributed by atoms with E-state index in [2.05, 4.69) is 12.2 Å². The van der Waals surface area contributed by atoms with E-state index in [4.69, 9.17) is 4.74 Å². The summed E-state index contributed by atoms with van der Waals surface area (Å²) in [5.41, 5.74) is 0.717. The van der Waals surface area contributed by atoms with Gasteiger partial charge in [0.1, 0.15) is 11.3 Å². The molecule has 1 unspecified atom stereocenters. The Morgan fingerprint density at radius 3 is 2.46 bits per heavy atom. The number of aryl methyl sites for hydroxylation is 1. The average molecular weight is 333 g/mol. The number of benzene rings is 1. The summed E-state index contributed by atoms with van der Waals surface area (Å²) in [6.45, 7) is 5.86. The Hall–Kier alpha value is -2.04. The lowest BCUT2D eigenvalue weighted by Crippen LogP contribution is -2.57. The van der Waals surface area contributed by atoms with Crippen molar-refractivity contribution in [2.45, 2.75) is 57.9 Å². The SMILES string of the molecule is COc1ccc(C(C)C(=O)NC2(C(=O)O)CCC(C)CC2)c(C)c1. The number of aliphatic carboxylic acids is 1. The summed E-state index contributed by atoms with van der Waals surface area (Å²) >= 11 is 0. The highest BCUT2D eigenvalue weighted by Gasteiger charge is 2.43. The van der Waals surface area contributed by atoms with Crippen LogP contribution in [0.1, 0.15) is 56.6 Å². The molecule has 1 amide bonds. The molecular formula is C19H27NO4. The fourth-order valence-electron chi connectivity index (χ4n) is 3.39. The summed E-state index contributed by atoms with van der Waals surface area (Å²) in [5, 5.41) is 12.5. The summed E-state index contributed by atoms with van der Waals surface area (Å²) in [4.78, 5) is 24.5. The third-order valence-electron chi connectivity index (χ3n) is 5.24. The molecule has 1 aliphatic carbocycles. The van der Waals surface area contributed by atoms with Crippen LogP contribution < -0.4 is 10.1 Å². The molecule has 0 aliphatic heterocycles. The monoisotopic (exact) mass is 333 g/mol. The molecule has 0 bridgehead atoms. The predicted molar refractivity (Wildman–Crippen MR) is 92.3 cm³/mol. The molecule has 5 nitrogen and oxygen atoms in total. The topological polar surface area (TPSA) is 75.6 Å². The third-order valence-corrected chi connectivity index (χ3v) is 5.24. The van der Waals surface area contributed by atoms with Crippen molar-refractivity contribution in [3.63, 3.8) is 0 Å². The predicted octanol–water partition coefficient (Wildman–Crippen LogP) is 3.26. The van der Waals surface area contributed by atoms with Gasteiger partial charge >= 0.3 is 5.97 Å². The van der Waals surface area contributed by atoms with Gasteiger partial charge in [-0.05, 0) is 68.7 Å². The summed E-state index contributed by atoms with van der Waals surface area (Å²) in [5.74, 6) is -0.323. The van der Waals surface area contributed by atoms with Crippen LogP contribution in [0.2, 0.25) is 0 Å². The average Bonchev–Trinajstić information content (AvgIpc) is 2.56. The molecular weight excluding hydrogens is 306 g/mol. The van der Waals surface area contributed by atoms with E-state index in [0.29, 0.717) is 18.8 Å². The van der Waals surface area contributed by atoms with Gasteiger partial charge in [0.15, 0.2) is 0 Å². The van der Waals surface area contributed by atoms with Crippen molar-refractivity contribution in [2.24, 2.45) is 5.92 Å². The van der Waals surface area contributed by atoms with Crippen molar-refractivity contribution < 1.29 is 19.4 Å². The van der Waals surface area contributed by atoms with Crippen LogP contribution in [0.15, 0.2) is 18.2 Å². The van der Waals surface area contributed by atoms with Crippen LogP contribution in [0.5, 0.6) is 5.75 Å². The molecule has 0 heterocycles. The lowest BCUT2D eigenvalue weighted by atomic mass is 9.76. The second-order valence-electron chi connectivity index (χ2n) is 7.00. The first kappa shape index (κ1) is 18.3. The van der Waals surface area contributed by atoms with Crippen LogP contribution in [-0.2, 0) is 9.59 Å². The minimum Gasteiger partial charge on any atom is -0.497 e. The second kappa shape index (κ2) is 7.24. The van der Waals surface area contributed by atoms with E-state index in [-0.39, 0.29) is 5.91 Å². The molecule has 2 N–H and O–H groups in total. The minimum absolute atomic E-state index is 0.236. The first-order valence-corrected chi connectivity index (χ1v) is 8.49. The molecule has 1 atom stereocenters. The van der Waals surface area contributed by atoms with Gasteiger partial charge in [0.05, 0.1) is 13.0 Å². The number of hydrogen-bond acceptors (Lipinski definition) is 3. The highest BCUT2D eigenvalue weighted by Crippen LogP contribution is 2.33. The van der Waals surface area contributed by atoms with Crippen LogP contribution in [0.3, 0.4) is 0 Å². The van der Waals surface area contributed by atoms with E-state index in [1.807, 2.05) is 32.0 Å². The third kappa shape index (κ3) is 3.71. The fourth-order valence-corrected chi connectivity index (χ4v) is 3.39. The fraction of sp³-hybridized carbons (Fsp3) is 0.579. The zero-order chi connectivity index (χ0) is 17.9. The van der Waals surface area contributed by atoms with Gasteiger partial charge in [0.25, 0.3) is 0 Å². The van der Waals surface area contributed by atoms with Crippen molar-refractivity contribution in [1.82, 2.24) is 5.32 Å². The lowest BCUT2D eigenvalue weighted by Gasteiger charge is -2.37. The van der Waals surface area contributed by atoms with Crippen LogP contribution in [-0.4, -0.2) is 29.6 Å². The second-order valence-corrected chi connectivity index (χ2v) is 7.00. The molecule has 1 aliphatic rings. The Balaban J connectivity index is 2.16. The maximum Gasteiger partial charge on any atom is 0.329 e. The molecule has 0 aromatic heterocycles. The number of carboxylic acids is 1. The Kier molecular flexibility index (Phi) is 5.52. The minimum atomic E-state index is -1.13. The molecule has 1 saturated carbocycles. The summed E-state index contributed by atoms with van der Waals surface area (Å²) in [7, 11) is 1.60. The normalized spacial score (nSPS) is 24.9. The standard InChI is InChI=1S/C19H27NO4/c1-12-7-9-19(10-8-12,18(22)23)20-17(21)14(3)16-6-5-15(24-4)11-13(16)2/h5-6,11-12,14H,7-10H2,1-4H3,(H,20,21)(H,22,23). The Bertz CT molecular complexity index is 618. The summed E-state index contributed by atoms with van der Waals surface area (Å²) in [6.07, 6.45) is 2.62. The van der Waals surface area contributed by atoms with Crippen LogP contribution in [0.4, 0.5) is 0 Å². The van der Waals surface area contributed by atoms with Crippen LogP contribution in [0, 0.1) is 12.8 Å². The molecule has 5 heteroatoms. The zero-order valence-electron chi connectivity index (χ0n) is 14.9. The van der Waals surface area contributed by atoms with Gasteiger partial charge in [-0.1, -0.05) is 13.0 Å². The molecule has 1 fully saturated rings. The highest BCUT2D eigenvalue weighted by atomic mass is 16.5. The molecule has 0 spiro atoms. The van der Waals surface area contributed by atoms with Crippen molar-refractivity contribution in [2.75, 3.05) is 7.11 Å². The number of carbonyl (C=O) groups excluding carboxylic acids is 1. The quantitative estimate of drug-likeness (QED) is 0.867. The first-order valence-electron chi connectivity index (χ1n) is 8.49. The molecule has 2 rings (SSSR count). The summed E-state index contributed by atoms with van der Waals surface area (Å²) < 4.78 is 5.19.